The molecule has 2 aliphatic heterocycles. The molecule has 74 heavy (non-hydrogen) atoms. The number of hydrogen-bond acceptors (Lipinski definition) is 4. The number of nitriles is 2. The number of aromatic nitrogens is 1. The Bertz CT molecular complexity index is 3900. The lowest BCUT2D eigenvalue weighted by molar-refractivity contribution is 1.16. The van der Waals surface area contributed by atoms with Gasteiger partial charge in [-0.3, -0.25) is 0 Å². The molecule has 2 aliphatic rings. The van der Waals surface area contributed by atoms with Gasteiger partial charge in [-0.25, -0.2) is 0 Å². The Morgan fingerprint density at radius 1 is 0.324 bits per heavy atom. The number of fused-ring (bicyclic) bond motifs is 7. The van der Waals surface area contributed by atoms with Gasteiger partial charge in [-0.05, 0) is 99.3 Å². The van der Waals surface area contributed by atoms with Crippen LogP contribution in [0.5, 0.6) is 0 Å². The zero-order chi connectivity index (χ0) is 49.3. The average molecular weight is 940 g/mol. The second kappa shape index (κ2) is 17.3. The van der Waals surface area contributed by atoms with Crippen molar-refractivity contribution in [2.45, 2.75) is 0 Å². The predicted molar refractivity (Wildman–Crippen MR) is 306 cm³/mol. The Morgan fingerprint density at radius 2 is 0.676 bits per heavy atom. The van der Waals surface area contributed by atoms with E-state index in [0.29, 0.717) is 11.1 Å². The number of hydrogen-bond donors (Lipinski definition) is 0. The molecule has 5 nitrogen and oxygen atoms in total. The van der Waals surface area contributed by atoms with Gasteiger partial charge in [0.05, 0.1) is 51.4 Å². The minimum Gasteiger partial charge on any atom is -0.310 e. The van der Waals surface area contributed by atoms with Gasteiger partial charge in [0, 0.05) is 55.8 Å². The lowest BCUT2D eigenvalue weighted by atomic mass is 9.33. The molecule has 0 unspecified atom stereocenters. The monoisotopic (exact) mass is 939 g/mol. The number of anilines is 6. The van der Waals surface area contributed by atoms with Crippen LogP contribution in [0.3, 0.4) is 0 Å². The maximum atomic E-state index is 10.8. The maximum absolute atomic E-state index is 10.8. The highest BCUT2D eigenvalue weighted by Crippen LogP contribution is 2.53. The van der Waals surface area contributed by atoms with E-state index in [1.54, 1.807) is 0 Å². The van der Waals surface area contributed by atoms with E-state index in [9.17, 15) is 10.5 Å². The molecule has 0 radical (unpaired) electrons. The summed E-state index contributed by atoms with van der Waals surface area (Å²) in [6, 6.07) is 95.5. The van der Waals surface area contributed by atoms with Crippen LogP contribution in [0.25, 0.3) is 72.0 Å². The van der Waals surface area contributed by atoms with E-state index in [4.69, 9.17) is 0 Å². The SMILES string of the molecule is N#Cc1ccc2c(c1)B1c3cc(C#N)ccc3N(c3c(-c4ccccc4)cccc3-c3ccccc3)c3cc(-n4c5ccccc5c5ccccc54)cc(c31)N2c1c(-c2ccccc2)cccc1-c1ccccc1. The fourth-order valence-electron chi connectivity index (χ4n) is 11.9. The van der Waals surface area contributed by atoms with Crippen molar-refractivity contribution in [1.29, 1.82) is 10.5 Å². The van der Waals surface area contributed by atoms with Crippen LogP contribution in [0.4, 0.5) is 34.1 Å². The standard InChI is InChI=1S/C68H42BN5/c70-43-45-35-37-62-58(39-45)69-59-40-46(44-71)36-38-63(59)74(68-54(49-23-9-3-10-24-49)31-18-32-55(68)50-25-11-4-12-26-50)65-42-51(72-60-33-15-13-27-56(60)57-28-14-16-34-61(57)72)41-64(66(65)69)73(62)67-52(47-19-5-1-6-20-47)29-17-30-53(67)48-21-7-2-8-22-48/h1-42H. The predicted octanol–water partition coefficient (Wildman–Crippen LogP) is 15.3. The van der Waals surface area contributed by atoms with Gasteiger partial charge in [0.2, 0.25) is 0 Å². The van der Waals surface area contributed by atoms with Gasteiger partial charge in [-0.15, -0.1) is 0 Å². The topological polar surface area (TPSA) is 59.0 Å². The molecule has 0 aliphatic carbocycles. The van der Waals surface area contributed by atoms with Crippen molar-refractivity contribution in [3.05, 3.63) is 266 Å². The molecule has 1 aromatic heterocycles. The molecule has 0 fully saturated rings. The summed E-state index contributed by atoms with van der Waals surface area (Å²) in [5.74, 6) is 0. The molecule has 0 spiro atoms. The molecule has 342 valence electrons. The molecule has 0 atom stereocenters. The van der Waals surface area contributed by atoms with Crippen molar-refractivity contribution in [1.82, 2.24) is 4.57 Å². The maximum Gasteiger partial charge on any atom is 0.252 e. The lowest BCUT2D eigenvalue weighted by Gasteiger charge is -2.46. The van der Waals surface area contributed by atoms with Crippen LogP contribution in [-0.2, 0) is 0 Å². The van der Waals surface area contributed by atoms with Crippen molar-refractivity contribution in [2.24, 2.45) is 0 Å². The highest BCUT2D eigenvalue weighted by Gasteiger charge is 2.45. The fraction of sp³-hybridized carbons (Fsp3) is 0. The highest BCUT2D eigenvalue weighted by molar-refractivity contribution is 7.00. The normalized spacial score (nSPS) is 12.2. The van der Waals surface area contributed by atoms with Crippen LogP contribution in [0.1, 0.15) is 11.1 Å². The summed E-state index contributed by atoms with van der Waals surface area (Å²) in [6.07, 6.45) is 0. The van der Waals surface area contributed by atoms with E-state index >= 15 is 0 Å². The van der Waals surface area contributed by atoms with E-state index in [1.807, 2.05) is 12.1 Å². The number of nitrogens with zero attached hydrogens (tertiary/aromatic N) is 5. The zero-order valence-electron chi connectivity index (χ0n) is 40.1. The van der Waals surface area contributed by atoms with Crippen molar-refractivity contribution >= 4 is 79.0 Å². The highest BCUT2D eigenvalue weighted by atomic mass is 15.2. The number of para-hydroxylation sites is 4. The van der Waals surface area contributed by atoms with Crippen molar-refractivity contribution in [3.63, 3.8) is 0 Å². The third-order valence-corrected chi connectivity index (χ3v) is 15.0. The van der Waals surface area contributed by atoms with Crippen molar-refractivity contribution < 1.29 is 0 Å². The van der Waals surface area contributed by atoms with Crippen LogP contribution in [0, 0.1) is 22.7 Å². The first kappa shape index (κ1) is 42.7. The third kappa shape index (κ3) is 6.63. The largest absolute Gasteiger partial charge is 0.310 e. The zero-order valence-corrected chi connectivity index (χ0v) is 40.1. The Kier molecular flexibility index (Phi) is 10.00. The minimum atomic E-state index is -0.376. The summed E-state index contributed by atoms with van der Waals surface area (Å²) < 4.78 is 2.43. The first-order valence-corrected chi connectivity index (χ1v) is 25.0. The van der Waals surface area contributed by atoms with Gasteiger partial charge in [0.1, 0.15) is 0 Å². The quantitative estimate of drug-likeness (QED) is 0.149. The van der Waals surface area contributed by atoms with E-state index in [2.05, 4.69) is 269 Å². The van der Waals surface area contributed by atoms with Crippen LogP contribution >= 0.6 is 0 Å². The smallest absolute Gasteiger partial charge is 0.252 e. The van der Waals surface area contributed by atoms with Crippen LogP contribution < -0.4 is 26.2 Å². The second-order valence-electron chi connectivity index (χ2n) is 19.0. The molecular formula is C68H42BN5. The minimum absolute atomic E-state index is 0.376. The molecule has 0 N–H and O–H groups in total. The summed E-state index contributed by atoms with van der Waals surface area (Å²) in [5.41, 5.74) is 21.9. The Morgan fingerprint density at radius 3 is 1.04 bits per heavy atom. The van der Waals surface area contributed by atoms with Crippen LogP contribution in [0.2, 0.25) is 0 Å². The summed E-state index contributed by atoms with van der Waals surface area (Å²) in [7, 11) is 0. The average Bonchev–Trinajstić information content (AvgIpc) is 3.83. The Hall–Kier alpha value is -10.1. The van der Waals surface area contributed by atoms with Gasteiger partial charge < -0.3 is 14.4 Å². The Balaban J connectivity index is 1.20. The molecule has 6 heteroatoms. The number of benzene rings is 11. The van der Waals surface area contributed by atoms with Crippen molar-refractivity contribution in [3.8, 4) is 62.3 Å². The molecule has 3 heterocycles. The van der Waals surface area contributed by atoms with Crippen molar-refractivity contribution in [2.75, 3.05) is 9.80 Å². The molecule has 11 aromatic carbocycles. The van der Waals surface area contributed by atoms with Crippen LogP contribution in [0.15, 0.2) is 255 Å². The van der Waals surface area contributed by atoms with Gasteiger partial charge >= 0.3 is 0 Å². The summed E-state index contributed by atoms with van der Waals surface area (Å²) >= 11 is 0. The van der Waals surface area contributed by atoms with Gasteiger partial charge in [-0.2, -0.15) is 10.5 Å². The first-order valence-electron chi connectivity index (χ1n) is 25.0. The summed E-state index contributed by atoms with van der Waals surface area (Å²) in [5, 5.41) is 23.9. The molecule has 14 rings (SSSR count). The van der Waals surface area contributed by atoms with Gasteiger partial charge in [-0.1, -0.05) is 194 Å². The molecule has 12 aromatic rings. The molecule has 0 amide bonds. The molecule has 0 saturated heterocycles. The second-order valence-corrected chi connectivity index (χ2v) is 19.0. The van der Waals surface area contributed by atoms with E-state index in [0.717, 1.165) is 112 Å². The van der Waals surface area contributed by atoms with Gasteiger partial charge in [0.15, 0.2) is 0 Å². The van der Waals surface area contributed by atoms with E-state index in [1.165, 1.54) is 10.8 Å². The summed E-state index contributed by atoms with van der Waals surface area (Å²) in [6.45, 7) is -0.376. The lowest BCUT2D eigenvalue weighted by Crippen LogP contribution is -2.61. The van der Waals surface area contributed by atoms with Crippen LogP contribution in [-0.4, -0.2) is 11.3 Å². The number of rotatable bonds is 7. The summed E-state index contributed by atoms with van der Waals surface area (Å²) in [4.78, 5) is 4.96. The molecular weight excluding hydrogens is 898 g/mol. The fourth-order valence-corrected chi connectivity index (χ4v) is 11.9. The third-order valence-electron chi connectivity index (χ3n) is 15.0. The van der Waals surface area contributed by atoms with Gasteiger partial charge in [0.25, 0.3) is 6.71 Å². The Labute approximate surface area is 430 Å². The molecule has 0 bridgehead atoms. The van der Waals surface area contributed by atoms with E-state index < -0.39 is 0 Å². The molecule has 0 saturated carbocycles. The first-order chi connectivity index (χ1) is 36.7. The van der Waals surface area contributed by atoms with E-state index in [-0.39, 0.29) is 6.71 Å².